The Hall–Kier alpha value is -0.700. The lowest BCUT2D eigenvalue weighted by molar-refractivity contribution is 0.574. The Bertz CT molecular complexity index is 77.7. The standard InChI is InChI=1S/C6H13N.CHO.H2O/c1-4-5-7-6(2)3;1-2;/h4-5H2,1-3H3;1H;1H2. The number of hydrogen-bond acceptors (Lipinski definition) is 2. The van der Waals surface area contributed by atoms with Gasteiger partial charge in [0.05, 0.1) is 0 Å². The normalized spacial score (nSPS) is 6.30. The number of carbonyl (C=O) groups excluding carboxylic acids is 1. The van der Waals surface area contributed by atoms with Crippen LogP contribution in [0, 0.1) is 0 Å². The van der Waals surface area contributed by atoms with Crippen LogP contribution >= 0.6 is 0 Å². The van der Waals surface area contributed by atoms with E-state index in [9.17, 15) is 0 Å². The van der Waals surface area contributed by atoms with Crippen molar-refractivity contribution >= 4 is 12.5 Å². The van der Waals surface area contributed by atoms with E-state index in [4.69, 9.17) is 4.79 Å². The Morgan fingerprint density at radius 2 is 1.80 bits per heavy atom. The fourth-order valence-corrected chi connectivity index (χ4v) is 0.335. The zero-order valence-electron chi connectivity index (χ0n) is 6.85. The summed E-state index contributed by atoms with van der Waals surface area (Å²) in [5, 5.41) is 0. The van der Waals surface area contributed by atoms with E-state index in [0.29, 0.717) is 0 Å². The minimum absolute atomic E-state index is 0. The van der Waals surface area contributed by atoms with E-state index in [1.807, 2.05) is 13.8 Å². The molecule has 10 heavy (non-hydrogen) atoms. The Balaban J connectivity index is -0.000000149. The van der Waals surface area contributed by atoms with Gasteiger partial charge in [-0.2, -0.15) is 0 Å². The number of rotatable bonds is 2. The second-order valence-electron chi connectivity index (χ2n) is 1.83. The van der Waals surface area contributed by atoms with Crippen molar-refractivity contribution in [1.82, 2.24) is 0 Å². The molecule has 0 bridgehead atoms. The Morgan fingerprint density at radius 3 is 1.90 bits per heavy atom. The van der Waals surface area contributed by atoms with Crippen LogP contribution in [0.5, 0.6) is 0 Å². The van der Waals surface area contributed by atoms with Crippen LogP contribution in [0.25, 0.3) is 0 Å². The van der Waals surface area contributed by atoms with Gasteiger partial charge in [0.2, 0.25) is 0 Å². The average Bonchev–Trinajstić information content (AvgIpc) is 1.88. The topological polar surface area (TPSA) is 60.9 Å². The van der Waals surface area contributed by atoms with Gasteiger partial charge in [-0.15, -0.1) is 0 Å². The summed E-state index contributed by atoms with van der Waals surface area (Å²) in [6.45, 7) is 10.4. The monoisotopic (exact) mass is 146 g/mol. The van der Waals surface area contributed by atoms with E-state index in [0.717, 1.165) is 13.0 Å². The molecule has 0 aromatic heterocycles. The fraction of sp³-hybridized carbons (Fsp3) is 0.714. The minimum Gasteiger partial charge on any atom is -0.412 e. The van der Waals surface area contributed by atoms with Crippen molar-refractivity contribution in [2.75, 3.05) is 6.54 Å². The largest absolute Gasteiger partial charge is 0.412 e. The van der Waals surface area contributed by atoms with Crippen molar-refractivity contribution in [3.05, 3.63) is 0 Å². The second kappa shape index (κ2) is 15.7. The lowest BCUT2D eigenvalue weighted by atomic mass is 10.4. The molecule has 0 aliphatic rings. The molecule has 0 saturated carbocycles. The highest BCUT2D eigenvalue weighted by molar-refractivity contribution is 5.78. The summed E-state index contributed by atoms with van der Waals surface area (Å²) in [7, 11) is 0. The van der Waals surface area contributed by atoms with Crippen molar-refractivity contribution in [2.45, 2.75) is 27.2 Å². The Morgan fingerprint density at radius 1 is 1.40 bits per heavy atom. The fourth-order valence-electron chi connectivity index (χ4n) is 0.335. The van der Waals surface area contributed by atoms with Crippen molar-refractivity contribution in [1.29, 1.82) is 0 Å². The van der Waals surface area contributed by atoms with E-state index >= 15 is 0 Å². The van der Waals surface area contributed by atoms with Gasteiger partial charge in [-0.05, 0) is 20.3 Å². The minimum atomic E-state index is 0. The van der Waals surface area contributed by atoms with Gasteiger partial charge in [-0.3, -0.25) is 9.79 Å². The number of nitrogens with zero attached hydrogens (tertiary/aromatic N) is 1. The summed E-state index contributed by atoms with van der Waals surface area (Å²) < 4.78 is 0. The van der Waals surface area contributed by atoms with Crippen molar-refractivity contribution in [3.63, 3.8) is 0 Å². The number of hydrogen-bond donors (Lipinski definition) is 0. The molecule has 3 nitrogen and oxygen atoms in total. The Kier molecular flexibility index (Phi) is 25.4. The van der Waals surface area contributed by atoms with Gasteiger partial charge in [0, 0.05) is 12.3 Å². The molecular weight excluding hydrogens is 130 g/mol. The quantitative estimate of drug-likeness (QED) is 0.419. The van der Waals surface area contributed by atoms with Crippen LogP contribution in [0.4, 0.5) is 0 Å². The average molecular weight is 146 g/mol. The maximum Gasteiger partial charge on any atom is 0.182 e. The van der Waals surface area contributed by atoms with Crippen LogP contribution in [0.2, 0.25) is 0 Å². The second-order valence-corrected chi connectivity index (χ2v) is 1.83. The lowest BCUT2D eigenvalue weighted by Crippen LogP contribution is -1.82. The maximum absolute atomic E-state index is 7.75. The first-order chi connectivity index (χ1) is 4.27. The smallest absolute Gasteiger partial charge is 0.182 e. The van der Waals surface area contributed by atoms with Crippen molar-refractivity contribution in [3.8, 4) is 0 Å². The first-order valence-corrected chi connectivity index (χ1v) is 2.98. The van der Waals surface area contributed by atoms with Gasteiger partial charge < -0.3 is 5.48 Å². The van der Waals surface area contributed by atoms with Crippen LogP contribution in [-0.2, 0) is 4.79 Å². The third-order valence-electron chi connectivity index (χ3n) is 0.652. The first-order valence-electron chi connectivity index (χ1n) is 2.98. The van der Waals surface area contributed by atoms with E-state index < -0.39 is 0 Å². The molecule has 0 unspecified atom stereocenters. The van der Waals surface area contributed by atoms with Crippen LogP contribution in [0.15, 0.2) is 4.99 Å². The molecule has 0 rings (SSSR count). The summed E-state index contributed by atoms with van der Waals surface area (Å²) >= 11 is 0. The van der Waals surface area contributed by atoms with Crippen molar-refractivity contribution < 1.29 is 10.3 Å². The van der Waals surface area contributed by atoms with Crippen molar-refractivity contribution in [2.24, 2.45) is 4.99 Å². The van der Waals surface area contributed by atoms with E-state index in [-0.39, 0.29) is 5.48 Å². The van der Waals surface area contributed by atoms with E-state index in [1.165, 1.54) is 5.71 Å². The molecule has 0 amide bonds. The first kappa shape index (κ1) is 16.1. The Labute approximate surface area is 62.5 Å². The third-order valence-corrected chi connectivity index (χ3v) is 0.652. The molecule has 0 aromatic rings. The molecule has 0 aliphatic heterocycles. The molecule has 0 saturated heterocycles. The zero-order chi connectivity index (χ0) is 7.70. The van der Waals surface area contributed by atoms with E-state index in [1.54, 1.807) is 0 Å². The van der Waals surface area contributed by atoms with Gasteiger partial charge in [-0.25, -0.2) is 0 Å². The summed E-state index contributed by atoms with van der Waals surface area (Å²) in [4.78, 5) is 11.9. The van der Waals surface area contributed by atoms with E-state index in [2.05, 4.69) is 18.7 Å². The van der Waals surface area contributed by atoms with Gasteiger partial charge in [0.25, 0.3) is 0 Å². The predicted octanol–water partition coefficient (Wildman–Crippen LogP) is 0.778. The molecule has 0 fully saturated rings. The molecule has 2 N–H and O–H groups in total. The summed E-state index contributed by atoms with van der Waals surface area (Å²) in [5.41, 5.74) is 1.18. The van der Waals surface area contributed by atoms with Gasteiger partial charge in [-0.1, -0.05) is 6.92 Å². The highest BCUT2D eigenvalue weighted by atomic mass is 16.1. The summed E-state index contributed by atoms with van der Waals surface area (Å²) in [6, 6.07) is 0. The van der Waals surface area contributed by atoms with Crippen LogP contribution in [0.1, 0.15) is 27.2 Å². The molecule has 0 aliphatic carbocycles. The molecule has 61 valence electrons. The van der Waals surface area contributed by atoms with Crippen LogP contribution < -0.4 is 0 Å². The maximum atomic E-state index is 7.75. The van der Waals surface area contributed by atoms with Gasteiger partial charge in [0.1, 0.15) is 0 Å². The zero-order valence-corrected chi connectivity index (χ0v) is 6.85. The molecule has 0 spiro atoms. The molecule has 1 radical (unpaired) electrons. The molecule has 3 heteroatoms. The van der Waals surface area contributed by atoms with Crippen LogP contribution in [-0.4, -0.2) is 24.5 Å². The molecular formula is C7H16NO2. The third kappa shape index (κ3) is 26.6. The molecule has 0 atom stereocenters. The SMILES string of the molecule is CCCN=C(C)C.O.[CH]=O. The highest BCUT2D eigenvalue weighted by Crippen LogP contribution is 1.78. The summed E-state index contributed by atoms with van der Waals surface area (Å²) in [5.74, 6) is 0. The number of aliphatic imine (C=N–C) groups is 1. The summed E-state index contributed by atoms with van der Waals surface area (Å²) in [6.07, 6.45) is 1.16. The lowest BCUT2D eigenvalue weighted by Gasteiger charge is -1.85. The van der Waals surface area contributed by atoms with Gasteiger partial charge >= 0.3 is 0 Å². The van der Waals surface area contributed by atoms with Crippen LogP contribution in [0.3, 0.4) is 0 Å². The predicted molar refractivity (Wildman–Crippen MR) is 44.3 cm³/mol. The van der Waals surface area contributed by atoms with Gasteiger partial charge in [0.15, 0.2) is 6.79 Å². The molecule has 0 aromatic carbocycles. The molecule has 0 heterocycles. The highest BCUT2D eigenvalue weighted by Gasteiger charge is 1.73.